The van der Waals surface area contributed by atoms with Crippen molar-refractivity contribution in [2.24, 2.45) is 0 Å². The predicted molar refractivity (Wildman–Crippen MR) is 83.5 cm³/mol. The Labute approximate surface area is 131 Å². The fraction of sp³-hybridized carbons (Fsp3) is 0.176. The number of amides is 1. The molecule has 0 unspecified atom stereocenters. The van der Waals surface area contributed by atoms with Gasteiger partial charge in [-0.25, -0.2) is 9.18 Å². The molecule has 0 saturated heterocycles. The molecule has 1 aromatic heterocycles. The van der Waals surface area contributed by atoms with Gasteiger partial charge < -0.3 is 9.73 Å². The second-order valence-corrected chi connectivity index (χ2v) is 5.28. The van der Waals surface area contributed by atoms with Crippen molar-refractivity contribution in [1.29, 1.82) is 0 Å². The zero-order valence-corrected chi connectivity index (χ0v) is 12.5. The van der Waals surface area contributed by atoms with Crippen LogP contribution in [0.25, 0.3) is 11.1 Å². The highest BCUT2D eigenvalue weighted by molar-refractivity contribution is 5.79. The van der Waals surface area contributed by atoms with Crippen molar-refractivity contribution in [3.8, 4) is 0 Å². The quantitative estimate of drug-likeness (QED) is 0.804. The number of carbonyl (C=O) groups is 1. The highest BCUT2D eigenvalue weighted by Gasteiger charge is 2.12. The molecule has 3 aromatic rings. The first-order valence-electron chi connectivity index (χ1n) is 7.14. The Bertz CT molecular complexity index is 927. The van der Waals surface area contributed by atoms with Gasteiger partial charge in [0.1, 0.15) is 12.4 Å². The van der Waals surface area contributed by atoms with E-state index in [1.54, 1.807) is 43.3 Å². The van der Waals surface area contributed by atoms with Crippen LogP contribution in [-0.2, 0) is 17.9 Å². The number of aryl methyl sites for hydroxylation is 1. The molecule has 3 rings (SSSR count). The number of para-hydroxylation sites is 2. The molecule has 0 aliphatic heterocycles. The summed E-state index contributed by atoms with van der Waals surface area (Å²) in [6, 6.07) is 11.7. The molecule has 0 saturated carbocycles. The lowest BCUT2D eigenvalue weighted by Crippen LogP contribution is -2.30. The number of oxazole rings is 1. The highest BCUT2D eigenvalue weighted by atomic mass is 19.1. The van der Waals surface area contributed by atoms with E-state index >= 15 is 0 Å². The average Bonchev–Trinajstić information content (AvgIpc) is 2.84. The molecule has 23 heavy (non-hydrogen) atoms. The topological polar surface area (TPSA) is 64.2 Å². The molecule has 0 atom stereocenters. The minimum absolute atomic E-state index is 0.149. The Morgan fingerprint density at radius 2 is 2.04 bits per heavy atom. The third-order valence-corrected chi connectivity index (χ3v) is 3.60. The van der Waals surface area contributed by atoms with Crippen LogP contribution in [-0.4, -0.2) is 10.5 Å². The second kappa shape index (κ2) is 6.08. The summed E-state index contributed by atoms with van der Waals surface area (Å²) in [6.07, 6.45) is 0. The minimum Gasteiger partial charge on any atom is -0.408 e. The van der Waals surface area contributed by atoms with E-state index in [1.165, 1.54) is 10.6 Å². The number of hydrogen-bond acceptors (Lipinski definition) is 3. The number of fused-ring (bicyclic) bond motifs is 1. The molecule has 1 N–H and O–H groups in total. The van der Waals surface area contributed by atoms with Crippen molar-refractivity contribution in [3.63, 3.8) is 0 Å². The van der Waals surface area contributed by atoms with Crippen LogP contribution in [0.2, 0.25) is 0 Å². The molecule has 0 radical (unpaired) electrons. The number of halogens is 1. The Balaban J connectivity index is 1.70. The summed E-state index contributed by atoms with van der Waals surface area (Å²) < 4.78 is 19.8. The Kier molecular flexibility index (Phi) is 3.97. The van der Waals surface area contributed by atoms with Gasteiger partial charge in [-0.1, -0.05) is 24.3 Å². The summed E-state index contributed by atoms with van der Waals surface area (Å²) in [7, 11) is 0. The van der Waals surface area contributed by atoms with Crippen LogP contribution in [0.5, 0.6) is 0 Å². The van der Waals surface area contributed by atoms with Gasteiger partial charge in [0.2, 0.25) is 5.91 Å². The van der Waals surface area contributed by atoms with E-state index < -0.39 is 5.76 Å². The predicted octanol–water partition coefficient (Wildman–Crippen LogP) is 2.36. The van der Waals surface area contributed by atoms with Gasteiger partial charge in [-0.3, -0.25) is 9.36 Å². The highest BCUT2D eigenvalue weighted by Crippen LogP contribution is 2.12. The van der Waals surface area contributed by atoms with E-state index in [9.17, 15) is 14.0 Å². The van der Waals surface area contributed by atoms with Crippen LogP contribution in [0.4, 0.5) is 4.39 Å². The zero-order chi connectivity index (χ0) is 16.4. The van der Waals surface area contributed by atoms with Crippen molar-refractivity contribution >= 4 is 17.0 Å². The Hall–Kier alpha value is -2.89. The smallest absolute Gasteiger partial charge is 0.408 e. The molecule has 1 heterocycles. The molecule has 118 valence electrons. The largest absolute Gasteiger partial charge is 0.420 e. The standard InChI is InChI=1S/C17H15FN2O3/c1-11-6-7-12(8-13(11)18)9-19-16(21)10-20-14-4-2-3-5-15(14)23-17(20)22/h2-8H,9-10H2,1H3,(H,19,21). The van der Waals surface area contributed by atoms with E-state index in [2.05, 4.69) is 5.32 Å². The van der Waals surface area contributed by atoms with Gasteiger partial charge in [0.05, 0.1) is 5.52 Å². The lowest BCUT2D eigenvalue weighted by atomic mass is 10.1. The van der Waals surface area contributed by atoms with Crippen molar-refractivity contribution in [1.82, 2.24) is 9.88 Å². The summed E-state index contributed by atoms with van der Waals surface area (Å²) in [5.41, 5.74) is 2.21. The van der Waals surface area contributed by atoms with Crippen LogP contribution in [0.3, 0.4) is 0 Å². The van der Waals surface area contributed by atoms with Gasteiger partial charge >= 0.3 is 5.76 Å². The normalized spacial score (nSPS) is 10.9. The minimum atomic E-state index is -0.581. The molecular formula is C17H15FN2O3. The molecule has 0 aliphatic carbocycles. The number of nitrogens with one attached hydrogen (secondary N) is 1. The Morgan fingerprint density at radius 3 is 2.83 bits per heavy atom. The van der Waals surface area contributed by atoms with Gasteiger partial charge in [-0.2, -0.15) is 0 Å². The first kappa shape index (κ1) is 15.0. The maximum absolute atomic E-state index is 13.5. The number of benzene rings is 2. The number of aromatic nitrogens is 1. The fourth-order valence-corrected chi connectivity index (χ4v) is 2.31. The molecule has 0 spiro atoms. The van der Waals surface area contributed by atoms with E-state index in [-0.39, 0.29) is 24.8 Å². The van der Waals surface area contributed by atoms with Crippen molar-refractivity contribution in [2.45, 2.75) is 20.0 Å². The van der Waals surface area contributed by atoms with Crippen molar-refractivity contribution < 1.29 is 13.6 Å². The zero-order valence-electron chi connectivity index (χ0n) is 12.5. The van der Waals surface area contributed by atoms with Gasteiger partial charge in [-0.05, 0) is 36.2 Å². The summed E-state index contributed by atoms with van der Waals surface area (Å²) in [6.45, 7) is 1.72. The molecular weight excluding hydrogens is 299 g/mol. The van der Waals surface area contributed by atoms with Crippen molar-refractivity contribution in [2.75, 3.05) is 0 Å². The number of rotatable bonds is 4. The second-order valence-electron chi connectivity index (χ2n) is 5.28. The molecule has 0 bridgehead atoms. The molecule has 0 aliphatic rings. The Morgan fingerprint density at radius 1 is 1.26 bits per heavy atom. The molecule has 0 fully saturated rings. The summed E-state index contributed by atoms with van der Waals surface area (Å²) in [5, 5.41) is 2.67. The van der Waals surface area contributed by atoms with Crippen LogP contribution in [0.1, 0.15) is 11.1 Å². The average molecular weight is 314 g/mol. The van der Waals surface area contributed by atoms with Gasteiger partial charge in [0.15, 0.2) is 5.58 Å². The monoisotopic (exact) mass is 314 g/mol. The molecule has 5 nitrogen and oxygen atoms in total. The lowest BCUT2D eigenvalue weighted by Gasteiger charge is -2.07. The number of carbonyl (C=O) groups excluding carboxylic acids is 1. The van der Waals surface area contributed by atoms with Gasteiger partial charge in [-0.15, -0.1) is 0 Å². The first-order valence-corrected chi connectivity index (χ1v) is 7.14. The van der Waals surface area contributed by atoms with Crippen LogP contribution < -0.4 is 11.1 Å². The summed E-state index contributed by atoms with van der Waals surface area (Å²) in [5.74, 6) is -1.24. The van der Waals surface area contributed by atoms with E-state index in [4.69, 9.17) is 4.42 Å². The maximum Gasteiger partial charge on any atom is 0.420 e. The van der Waals surface area contributed by atoms with E-state index in [0.717, 1.165) is 0 Å². The SMILES string of the molecule is Cc1ccc(CNC(=O)Cn2c(=O)oc3ccccc32)cc1F. The lowest BCUT2D eigenvalue weighted by molar-refractivity contribution is -0.121. The third-order valence-electron chi connectivity index (χ3n) is 3.60. The fourth-order valence-electron chi connectivity index (χ4n) is 2.31. The number of hydrogen-bond donors (Lipinski definition) is 1. The van der Waals surface area contributed by atoms with Crippen molar-refractivity contribution in [3.05, 3.63) is 70.0 Å². The van der Waals surface area contributed by atoms with Crippen LogP contribution in [0, 0.1) is 12.7 Å². The summed E-state index contributed by atoms with van der Waals surface area (Å²) >= 11 is 0. The third kappa shape index (κ3) is 3.15. The first-order chi connectivity index (χ1) is 11.0. The molecule has 6 heteroatoms. The number of nitrogens with zero attached hydrogens (tertiary/aromatic N) is 1. The molecule has 1 amide bonds. The molecule has 2 aromatic carbocycles. The van der Waals surface area contributed by atoms with Gasteiger partial charge in [0, 0.05) is 6.54 Å². The van der Waals surface area contributed by atoms with E-state index in [0.29, 0.717) is 22.2 Å². The van der Waals surface area contributed by atoms with Gasteiger partial charge in [0.25, 0.3) is 0 Å². The maximum atomic E-state index is 13.5. The summed E-state index contributed by atoms with van der Waals surface area (Å²) in [4.78, 5) is 23.8. The van der Waals surface area contributed by atoms with Crippen LogP contribution >= 0.6 is 0 Å². The van der Waals surface area contributed by atoms with E-state index in [1.807, 2.05) is 0 Å². The van der Waals surface area contributed by atoms with Crippen LogP contribution in [0.15, 0.2) is 51.7 Å².